The van der Waals surface area contributed by atoms with Crippen molar-refractivity contribution in [1.29, 1.82) is 0 Å². The van der Waals surface area contributed by atoms with Crippen molar-refractivity contribution in [1.82, 2.24) is 5.32 Å². The van der Waals surface area contributed by atoms with Crippen molar-refractivity contribution in [3.05, 3.63) is 81.0 Å². The average molecular weight is 602 g/mol. The van der Waals surface area contributed by atoms with Gasteiger partial charge < -0.3 is 15.2 Å². The van der Waals surface area contributed by atoms with Gasteiger partial charge in [-0.05, 0) is 73.2 Å². The minimum Gasteiger partial charge on any atom is -0.480 e. The summed E-state index contributed by atoms with van der Waals surface area (Å²) in [6.45, 7) is 10.8. The Balaban J connectivity index is 0.00000138. The van der Waals surface area contributed by atoms with Gasteiger partial charge in [-0.25, -0.2) is 13.2 Å². The molecule has 0 aliphatic rings. The molecule has 0 saturated carbocycles. The molecule has 3 aromatic rings. The van der Waals surface area contributed by atoms with Crippen molar-refractivity contribution in [2.24, 2.45) is 0 Å². The molecule has 2 N–H and O–H groups in total. The largest absolute Gasteiger partial charge is 0.480 e. The van der Waals surface area contributed by atoms with Crippen LogP contribution < -0.4 is 5.32 Å². The van der Waals surface area contributed by atoms with Crippen LogP contribution in [0.3, 0.4) is 0 Å². The summed E-state index contributed by atoms with van der Waals surface area (Å²) in [5, 5.41) is 12.0. The van der Waals surface area contributed by atoms with E-state index in [9.17, 15) is 23.1 Å². The molecule has 0 radical (unpaired) electrons. The number of carboxylic acid groups (broad SMARTS) is 1. The quantitative estimate of drug-likeness (QED) is 0.219. The predicted molar refractivity (Wildman–Crippen MR) is 167 cm³/mol. The summed E-state index contributed by atoms with van der Waals surface area (Å²) in [5.41, 5.74) is 3.64. The maximum atomic E-state index is 13.2. The zero-order valence-electron chi connectivity index (χ0n) is 24.9. The number of amides is 1. The van der Waals surface area contributed by atoms with E-state index < -0.39 is 27.8 Å². The highest BCUT2D eigenvalue weighted by atomic mass is 32.2. The first-order chi connectivity index (χ1) is 19.4. The molecule has 7 nitrogen and oxygen atoms in total. The molecule has 224 valence electrons. The van der Waals surface area contributed by atoms with Gasteiger partial charge in [0.25, 0.3) is 5.91 Å². The number of ether oxygens (including phenoxy) is 1. The SMILES string of the molecule is CCCC.CCc1ccc(C(C)OCc2ccc(C(=O)NC(CCS(C)(=O)=O)C(=O)O)c(-c3ccccc3C)c2)s1. The van der Waals surface area contributed by atoms with Crippen LogP contribution in [0.1, 0.15) is 84.3 Å². The van der Waals surface area contributed by atoms with Gasteiger partial charge in [0.15, 0.2) is 0 Å². The third-order valence-corrected chi connectivity index (χ3v) is 8.94. The number of aryl methyl sites for hydroxylation is 2. The zero-order chi connectivity index (χ0) is 30.6. The Morgan fingerprint density at radius 1 is 1.00 bits per heavy atom. The van der Waals surface area contributed by atoms with Crippen molar-refractivity contribution < 1.29 is 27.9 Å². The summed E-state index contributed by atoms with van der Waals surface area (Å²) in [6, 6.07) is 15.9. The third kappa shape index (κ3) is 11.1. The molecule has 41 heavy (non-hydrogen) atoms. The molecular weight excluding hydrogens is 558 g/mol. The number of sulfone groups is 1. The van der Waals surface area contributed by atoms with E-state index >= 15 is 0 Å². The lowest BCUT2D eigenvalue weighted by Gasteiger charge is -2.18. The third-order valence-electron chi connectivity index (χ3n) is 6.58. The fourth-order valence-electron chi connectivity index (χ4n) is 3.91. The van der Waals surface area contributed by atoms with Crippen molar-refractivity contribution in [3.63, 3.8) is 0 Å². The van der Waals surface area contributed by atoms with Crippen LogP contribution in [-0.2, 0) is 32.4 Å². The first-order valence-electron chi connectivity index (χ1n) is 14.0. The summed E-state index contributed by atoms with van der Waals surface area (Å²) in [7, 11) is -3.38. The highest BCUT2D eigenvalue weighted by Crippen LogP contribution is 2.30. The summed E-state index contributed by atoms with van der Waals surface area (Å²) in [5.74, 6) is -2.20. The van der Waals surface area contributed by atoms with E-state index in [1.807, 2.05) is 44.2 Å². The molecule has 2 unspecified atom stereocenters. The fourth-order valence-corrected chi connectivity index (χ4v) is 5.53. The number of thiophene rings is 1. The van der Waals surface area contributed by atoms with Crippen molar-refractivity contribution in [2.45, 2.75) is 79.1 Å². The lowest BCUT2D eigenvalue weighted by Crippen LogP contribution is -2.42. The monoisotopic (exact) mass is 601 g/mol. The number of hydrogen-bond acceptors (Lipinski definition) is 6. The summed E-state index contributed by atoms with van der Waals surface area (Å²) < 4.78 is 29.2. The van der Waals surface area contributed by atoms with E-state index in [-0.39, 0.29) is 18.3 Å². The standard InChI is InChI=1S/C28H33NO6S2.C4H10/c1-5-21-11-13-26(36-21)19(3)35-17-20-10-12-23(24(16-20)22-9-7-6-8-18(22)2)27(30)29-25(28(31)32)14-15-37(4,33)34;1-3-4-2/h6-13,16,19,25H,5,14-15,17H2,1-4H3,(H,29,30)(H,31,32);3-4H2,1-2H3. The molecule has 0 aliphatic heterocycles. The second-order valence-electron chi connectivity index (χ2n) is 10.1. The van der Waals surface area contributed by atoms with Crippen LogP contribution in [0.4, 0.5) is 0 Å². The molecule has 2 aromatic carbocycles. The Kier molecular flexibility index (Phi) is 13.7. The van der Waals surface area contributed by atoms with E-state index in [0.717, 1.165) is 34.2 Å². The van der Waals surface area contributed by atoms with Gasteiger partial charge in [0.2, 0.25) is 0 Å². The molecule has 3 rings (SSSR count). The Hall–Kier alpha value is -3.01. The Labute approximate surface area is 248 Å². The number of rotatable bonds is 13. The van der Waals surface area contributed by atoms with Crippen LogP contribution in [0.25, 0.3) is 11.1 Å². The number of aliphatic carboxylic acids is 1. The molecule has 0 fully saturated rings. The highest BCUT2D eigenvalue weighted by molar-refractivity contribution is 7.90. The zero-order valence-corrected chi connectivity index (χ0v) is 26.5. The van der Waals surface area contributed by atoms with Gasteiger partial charge in [-0.2, -0.15) is 0 Å². The van der Waals surface area contributed by atoms with Crippen molar-refractivity contribution in [2.75, 3.05) is 12.0 Å². The summed E-state index contributed by atoms with van der Waals surface area (Å²) in [6.07, 6.45) is 4.36. The van der Waals surface area contributed by atoms with Gasteiger partial charge in [0.1, 0.15) is 15.9 Å². The van der Waals surface area contributed by atoms with E-state index in [0.29, 0.717) is 17.7 Å². The average Bonchev–Trinajstić information content (AvgIpc) is 3.43. The van der Waals surface area contributed by atoms with Gasteiger partial charge in [-0.1, -0.05) is 63.9 Å². The minimum atomic E-state index is -3.38. The predicted octanol–water partition coefficient (Wildman–Crippen LogP) is 6.99. The maximum absolute atomic E-state index is 13.2. The van der Waals surface area contributed by atoms with E-state index in [4.69, 9.17) is 4.74 Å². The molecule has 0 bridgehead atoms. The van der Waals surface area contributed by atoms with E-state index in [1.165, 1.54) is 17.7 Å². The number of carbonyl (C=O) groups is 2. The van der Waals surface area contributed by atoms with Gasteiger partial charge >= 0.3 is 5.97 Å². The Morgan fingerprint density at radius 3 is 2.24 bits per heavy atom. The number of carbonyl (C=O) groups excluding carboxylic acids is 1. The minimum absolute atomic E-state index is 0.0821. The van der Waals surface area contributed by atoms with Gasteiger partial charge in [0.05, 0.1) is 18.5 Å². The van der Waals surface area contributed by atoms with Crippen LogP contribution in [-0.4, -0.2) is 43.5 Å². The smallest absolute Gasteiger partial charge is 0.326 e. The van der Waals surface area contributed by atoms with Crippen LogP contribution >= 0.6 is 11.3 Å². The number of benzene rings is 2. The first-order valence-corrected chi connectivity index (χ1v) is 16.9. The van der Waals surface area contributed by atoms with Crippen molar-refractivity contribution >= 4 is 33.1 Å². The van der Waals surface area contributed by atoms with Crippen LogP contribution in [0.5, 0.6) is 0 Å². The normalized spacial score (nSPS) is 12.6. The molecule has 1 aromatic heterocycles. The second-order valence-corrected chi connectivity index (χ2v) is 13.5. The number of nitrogens with one attached hydrogen (secondary N) is 1. The molecule has 0 saturated heterocycles. The first kappa shape index (κ1) is 34.2. The molecule has 2 atom stereocenters. The molecule has 1 amide bonds. The molecule has 1 heterocycles. The number of carboxylic acids is 1. The van der Waals surface area contributed by atoms with E-state index in [2.05, 4.69) is 38.2 Å². The van der Waals surface area contributed by atoms with E-state index in [1.54, 1.807) is 23.5 Å². The van der Waals surface area contributed by atoms with Gasteiger partial charge in [-0.15, -0.1) is 11.3 Å². The fraction of sp³-hybridized carbons (Fsp3) is 0.438. The molecule has 0 spiro atoms. The summed E-state index contributed by atoms with van der Waals surface area (Å²) >= 11 is 1.73. The maximum Gasteiger partial charge on any atom is 0.326 e. The number of hydrogen-bond donors (Lipinski definition) is 2. The van der Waals surface area contributed by atoms with Crippen molar-refractivity contribution in [3.8, 4) is 11.1 Å². The van der Waals surface area contributed by atoms with Crippen LogP contribution in [0, 0.1) is 6.92 Å². The van der Waals surface area contributed by atoms with Gasteiger partial charge in [0, 0.05) is 21.6 Å². The van der Waals surface area contributed by atoms with Crippen LogP contribution in [0.2, 0.25) is 0 Å². The lowest BCUT2D eigenvalue weighted by molar-refractivity contribution is -0.139. The topological polar surface area (TPSA) is 110 Å². The lowest BCUT2D eigenvalue weighted by atomic mass is 9.93. The van der Waals surface area contributed by atoms with Crippen LogP contribution in [0.15, 0.2) is 54.6 Å². The number of unbranched alkanes of at least 4 members (excludes halogenated alkanes) is 1. The molecule has 0 aliphatic carbocycles. The molecular formula is C32H43NO6S2. The highest BCUT2D eigenvalue weighted by Gasteiger charge is 2.24. The Morgan fingerprint density at radius 2 is 1.68 bits per heavy atom. The molecule has 9 heteroatoms. The Bertz CT molecular complexity index is 1390. The van der Waals surface area contributed by atoms with Gasteiger partial charge in [-0.3, -0.25) is 4.79 Å². The second kappa shape index (κ2) is 16.4. The summed E-state index contributed by atoms with van der Waals surface area (Å²) in [4.78, 5) is 27.4.